The van der Waals surface area contributed by atoms with E-state index in [1.807, 2.05) is 24.3 Å². The topological polar surface area (TPSA) is 41.6 Å². The molecule has 0 amide bonds. The molecule has 72 heavy (non-hydrogen) atoms. The van der Waals surface area contributed by atoms with Gasteiger partial charge in [-0.15, -0.1) is 0 Å². The molecule has 17 aromatic rings. The Labute approximate surface area is 410 Å². The van der Waals surface area contributed by atoms with Crippen LogP contribution in [-0.4, -0.2) is 8.80 Å². The van der Waals surface area contributed by atoms with E-state index in [0.717, 1.165) is 78.0 Å². The van der Waals surface area contributed by atoms with Crippen molar-refractivity contribution in [1.82, 2.24) is 8.80 Å². The van der Waals surface area contributed by atoms with Gasteiger partial charge < -0.3 is 27.4 Å². The van der Waals surface area contributed by atoms with Gasteiger partial charge in [0, 0.05) is 99.5 Å². The van der Waals surface area contributed by atoms with Crippen LogP contribution in [0.3, 0.4) is 0 Å². The molecule has 6 heteroatoms. The van der Waals surface area contributed by atoms with Gasteiger partial charge in [0.2, 0.25) is 0 Å². The molecule has 11 aromatic carbocycles. The molecule has 0 aliphatic rings. The predicted molar refractivity (Wildman–Crippen MR) is 300 cm³/mol. The number of nitrogens with zero attached hydrogens (tertiary/aromatic N) is 4. The third-order valence-corrected chi connectivity index (χ3v) is 15.5. The van der Waals surface area contributed by atoms with Crippen molar-refractivity contribution < 1.29 is 8.83 Å². The molecule has 0 fully saturated rings. The first-order valence-corrected chi connectivity index (χ1v) is 24.6. The summed E-state index contributed by atoms with van der Waals surface area (Å²) >= 11 is 0. The molecule has 17 rings (SSSR count). The number of fused-ring (bicyclic) bond motifs is 18. The molecule has 0 unspecified atom stereocenters. The SMILES string of the molecule is c1ccc(N(c2ccc3c(c2)oc2ccccc23)c2cccc3c2c2cccc4c5cc6c(cc5n3c42)c2cccc3c4c(N(c5ccccc5)c5ccc7c(c5)oc5ccccc57)cccc4n6c23)cc1. The van der Waals surface area contributed by atoms with E-state index in [1.54, 1.807) is 0 Å². The summed E-state index contributed by atoms with van der Waals surface area (Å²) in [5.41, 5.74) is 17.2. The number of rotatable bonds is 6. The van der Waals surface area contributed by atoms with Gasteiger partial charge in [0.1, 0.15) is 22.3 Å². The van der Waals surface area contributed by atoms with E-state index in [4.69, 9.17) is 8.83 Å². The molecule has 334 valence electrons. The minimum absolute atomic E-state index is 0.870. The molecule has 0 saturated heterocycles. The van der Waals surface area contributed by atoms with Crippen molar-refractivity contribution in [3.05, 3.63) is 231 Å². The van der Waals surface area contributed by atoms with Gasteiger partial charge in [-0.2, -0.15) is 0 Å². The quantitative estimate of drug-likeness (QED) is 0.167. The fourth-order valence-corrected chi connectivity index (χ4v) is 12.6. The zero-order chi connectivity index (χ0) is 46.8. The Kier molecular flexibility index (Phi) is 7.38. The largest absolute Gasteiger partial charge is 0.456 e. The van der Waals surface area contributed by atoms with Crippen molar-refractivity contribution >= 4 is 154 Å². The fraction of sp³-hybridized carbons (Fsp3) is 0. The standard InChI is InChI=1S/C66H38N4O2/c1-3-15-39(16-4-1)67(41-31-33-45-43-19-7-9-29-59(43)71-61(45)35-41)53-25-13-27-55-63(53)49-23-11-21-47-51-38-58-52(37-57(51)69(55)65(47)49)48-22-12-24-50-64-54(26-14-28-56(64)70(58)66(48)50)68(40-17-5-2-6-18-40)42-32-34-46-44-20-8-10-30-60(44)72-62(46)36-42/h1-38H. The summed E-state index contributed by atoms with van der Waals surface area (Å²) < 4.78 is 18.0. The first kappa shape index (κ1) is 38.1. The van der Waals surface area contributed by atoms with Crippen LogP contribution in [0.15, 0.2) is 239 Å². The monoisotopic (exact) mass is 918 g/mol. The second kappa shape index (κ2) is 13.9. The number of hydrogen-bond donors (Lipinski definition) is 0. The van der Waals surface area contributed by atoms with Gasteiger partial charge in [0.05, 0.1) is 44.5 Å². The van der Waals surface area contributed by atoms with E-state index in [-0.39, 0.29) is 0 Å². The van der Waals surface area contributed by atoms with Crippen LogP contribution < -0.4 is 9.80 Å². The Morgan fingerprint density at radius 1 is 0.250 bits per heavy atom. The minimum Gasteiger partial charge on any atom is -0.456 e. The average molecular weight is 919 g/mol. The van der Waals surface area contributed by atoms with Crippen molar-refractivity contribution in [2.45, 2.75) is 0 Å². The first-order valence-electron chi connectivity index (χ1n) is 24.6. The Morgan fingerprint density at radius 3 is 1.11 bits per heavy atom. The lowest BCUT2D eigenvalue weighted by atomic mass is 10.0. The highest BCUT2D eigenvalue weighted by atomic mass is 16.3. The van der Waals surface area contributed by atoms with Gasteiger partial charge in [0.15, 0.2) is 0 Å². The molecular formula is C66H38N4O2. The summed E-state index contributed by atoms with van der Waals surface area (Å²) in [6.07, 6.45) is 0. The molecule has 0 atom stereocenters. The van der Waals surface area contributed by atoms with E-state index in [1.165, 1.54) is 76.2 Å². The lowest BCUT2D eigenvalue weighted by Crippen LogP contribution is -2.10. The third-order valence-electron chi connectivity index (χ3n) is 15.5. The number of furan rings is 2. The summed E-state index contributed by atoms with van der Waals surface area (Å²) in [5.74, 6) is 0. The van der Waals surface area contributed by atoms with Crippen molar-refractivity contribution in [2.75, 3.05) is 9.80 Å². The Hall–Kier alpha value is -9.78. The highest BCUT2D eigenvalue weighted by Crippen LogP contribution is 2.51. The maximum Gasteiger partial charge on any atom is 0.137 e. The molecule has 0 spiro atoms. The smallest absolute Gasteiger partial charge is 0.137 e. The number of anilines is 6. The van der Waals surface area contributed by atoms with Gasteiger partial charge in [0.25, 0.3) is 0 Å². The van der Waals surface area contributed by atoms with Gasteiger partial charge in [-0.05, 0) is 97.1 Å². The highest BCUT2D eigenvalue weighted by molar-refractivity contribution is 6.31. The van der Waals surface area contributed by atoms with Crippen molar-refractivity contribution in [3.8, 4) is 0 Å². The number of para-hydroxylation sites is 6. The summed E-state index contributed by atoms with van der Waals surface area (Å²) in [5, 5.41) is 14.3. The van der Waals surface area contributed by atoms with Crippen LogP contribution in [0.5, 0.6) is 0 Å². The summed E-state index contributed by atoms with van der Waals surface area (Å²) in [6, 6.07) is 83.4. The molecular weight excluding hydrogens is 881 g/mol. The van der Waals surface area contributed by atoms with Crippen molar-refractivity contribution in [1.29, 1.82) is 0 Å². The highest BCUT2D eigenvalue weighted by Gasteiger charge is 2.27. The van der Waals surface area contributed by atoms with Crippen LogP contribution in [0.1, 0.15) is 0 Å². The zero-order valence-corrected chi connectivity index (χ0v) is 38.5. The summed E-state index contributed by atoms with van der Waals surface area (Å²) in [4.78, 5) is 4.78. The van der Waals surface area contributed by atoms with Crippen molar-refractivity contribution in [2.24, 2.45) is 0 Å². The lowest BCUT2D eigenvalue weighted by molar-refractivity contribution is 0.668. The van der Waals surface area contributed by atoms with E-state index in [2.05, 4.69) is 225 Å². The molecule has 6 heterocycles. The molecule has 0 N–H and O–H groups in total. The Balaban J connectivity index is 0.896. The fourth-order valence-electron chi connectivity index (χ4n) is 12.6. The number of benzene rings is 11. The lowest BCUT2D eigenvalue weighted by Gasteiger charge is -2.26. The zero-order valence-electron chi connectivity index (χ0n) is 38.5. The van der Waals surface area contributed by atoms with Gasteiger partial charge in [-0.3, -0.25) is 0 Å². The first-order chi connectivity index (χ1) is 35.7. The van der Waals surface area contributed by atoms with Gasteiger partial charge >= 0.3 is 0 Å². The maximum absolute atomic E-state index is 6.48. The molecule has 0 saturated carbocycles. The van der Waals surface area contributed by atoms with E-state index in [0.29, 0.717) is 0 Å². The van der Waals surface area contributed by atoms with E-state index in [9.17, 15) is 0 Å². The minimum atomic E-state index is 0.870. The van der Waals surface area contributed by atoms with Crippen LogP contribution in [0.25, 0.3) is 120 Å². The maximum atomic E-state index is 6.48. The normalized spacial score (nSPS) is 12.4. The van der Waals surface area contributed by atoms with Crippen LogP contribution in [0.2, 0.25) is 0 Å². The molecule has 6 aromatic heterocycles. The van der Waals surface area contributed by atoms with Crippen molar-refractivity contribution in [3.63, 3.8) is 0 Å². The predicted octanol–water partition coefficient (Wildman–Crippen LogP) is 18.7. The molecule has 6 nitrogen and oxygen atoms in total. The summed E-state index contributed by atoms with van der Waals surface area (Å²) in [7, 11) is 0. The Morgan fingerprint density at radius 2 is 0.639 bits per heavy atom. The van der Waals surface area contributed by atoms with Gasteiger partial charge in [-0.25, -0.2) is 0 Å². The molecule has 0 aliphatic carbocycles. The second-order valence-electron chi connectivity index (χ2n) is 19.2. The number of aromatic nitrogens is 2. The summed E-state index contributed by atoms with van der Waals surface area (Å²) in [6.45, 7) is 0. The van der Waals surface area contributed by atoms with E-state index >= 15 is 0 Å². The Bertz CT molecular complexity index is 4740. The number of hydrogen-bond acceptors (Lipinski definition) is 4. The van der Waals surface area contributed by atoms with Crippen LogP contribution in [0, 0.1) is 0 Å². The van der Waals surface area contributed by atoms with Crippen LogP contribution in [0.4, 0.5) is 34.1 Å². The second-order valence-corrected chi connectivity index (χ2v) is 19.2. The van der Waals surface area contributed by atoms with Crippen LogP contribution in [-0.2, 0) is 0 Å². The average Bonchev–Trinajstić information content (AvgIpc) is 4.28. The third kappa shape index (κ3) is 4.97. The molecule has 0 aliphatic heterocycles. The molecule has 0 radical (unpaired) electrons. The van der Waals surface area contributed by atoms with Crippen LogP contribution >= 0.6 is 0 Å². The molecule has 0 bridgehead atoms. The van der Waals surface area contributed by atoms with Gasteiger partial charge in [-0.1, -0.05) is 121 Å². The van der Waals surface area contributed by atoms with E-state index < -0.39 is 0 Å².